The number of nitrogens with one attached hydrogen (secondary N) is 4. The lowest BCUT2D eigenvalue weighted by molar-refractivity contribution is 0.101. The highest BCUT2D eigenvalue weighted by Crippen LogP contribution is 2.47. The van der Waals surface area contributed by atoms with Gasteiger partial charge in [-0.05, 0) is 157 Å². The molecule has 0 aliphatic heterocycles. The molecule has 10 nitrogen and oxygen atoms in total. The van der Waals surface area contributed by atoms with Crippen LogP contribution in [0, 0.1) is 27.7 Å². The molecule has 0 unspecified atom stereocenters. The molecule has 0 atom stereocenters. The second-order valence-electron chi connectivity index (χ2n) is 20.0. The van der Waals surface area contributed by atoms with Crippen molar-refractivity contribution in [2.45, 2.75) is 118 Å². The molecule has 66 heavy (non-hydrogen) atoms. The van der Waals surface area contributed by atoms with Crippen molar-refractivity contribution in [2.24, 2.45) is 0 Å². The number of aryl methyl sites for hydroxylation is 4. The summed E-state index contributed by atoms with van der Waals surface area (Å²) in [5, 5.41) is 12.2. The van der Waals surface area contributed by atoms with Crippen LogP contribution in [0.15, 0.2) is 110 Å². The molecular weight excluding hydrogens is 821 g/mol. The summed E-state index contributed by atoms with van der Waals surface area (Å²) < 4.78 is 0. The molecule has 1 fully saturated rings. The van der Waals surface area contributed by atoms with Gasteiger partial charge in [-0.25, -0.2) is 0 Å². The van der Waals surface area contributed by atoms with E-state index in [2.05, 4.69) is 97.0 Å². The summed E-state index contributed by atoms with van der Waals surface area (Å²) in [7, 11) is 0. The molecular formula is C56H62N6O4. The molecule has 1 aliphatic carbocycles. The fraction of sp³-hybridized carbons (Fsp3) is 0.321. The summed E-state index contributed by atoms with van der Waals surface area (Å²) in [6, 6.07) is 26.7. The standard InChI is InChI=1S/C56H62N6O4/c1-34-22-44(23-35(2)48(34)61-52(65)40-26-38(28-42(30-40)54(5,6)7)50(63)59-46-16-14-20-57-32-46)56(18-12-11-13-19-56)45-24-36(3)49(37(4)25-45)62-53(66)41-27-39(29-43(31-41)55(8,9)10)51(64)60-47-17-15-21-58-33-47/h14-17,20-33H,11-13,18-19H2,1-10H3,(H,59,63)(H,60,64)(H,61,65)(H,62,66). The van der Waals surface area contributed by atoms with Gasteiger partial charge in [-0.3, -0.25) is 29.1 Å². The van der Waals surface area contributed by atoms with Crippen molar-refractivity contribution >= 4 is 46.4 Å². The van der Waals surface area contributed by atoms with Gasteiger partial charge in [0.2, 0.25) is 0 Å². The summed E-state index contributed by atoms with van der Waals surface area (Å²) in [4.78, 5) is 63.4. The molecule has 1 aliphatic rings. The summed E-state index contributed by atoms with van der Waals surface area (Å²) in [5.74, 6) is -1.22. The maximum Gasteiger partial charge on any atom is 0.255 e. The van der Waals surface area contributed by atoms with Crippen molar-refractivity contribution in [3.63, 3.8) is 0 Å². The van der Waals surface area contributed by atoms with Crippen molar-refractivity contribution in [3.8, 4) is 0 Å². The van der Waals surface area contributed by atoms with Gasteiger partial charge in [0.1, 0.15) is 0 Å². The van der Waals surface area contributed by atoms with Gasteiger partial charge in [0.15, 0.2) is 0 Å². The van der Waals surface area contributed by atoms with E-state index in [1.807, 2.05) is 52.0 Å². The molecule has 4 amide bonds. The van der Waals surface area contributed by atoms with Crippen molar-refractivity contribution < 1.29 is 19.2 Å². The molecule has 1 saturated carbocycles. The van der Waals surface area contributed by atoms with Crippen molar-refractivity contribution in [2.75, 3.05) is 21.3 Å². The number of carbonyl (C=O) groups is 4. The lowest BCUT2D eigenvalue weighted by Gasteiger charge is -2.40. The van der Waals surface area contributed by atoms with Crippen molar-refractivity contribution in [3.05, 3.63) is 176 Å². The fourth-order valence-electron chi connectivity index (χ4n) is 9.07. The molecule has 0 bridgehead atoms. The number of amides is 4. The number of hydrogen-bond acceptors (Lipinski definition) is 6. The van der Waals surface area contributed by atoms with Crippen LogP contribution in [0.4, 0.5) is 22.7 Å². The topological polar surface area (TPSA) is 142 Å². The highest BCUT2D eigenvalue weighted by Gasteiger charge is 2.37. The van der Waals surface area contributed by atoms with Gasteiger partial charge in [0.25, 0.3) is 23.6 Å². The third kappa shape index (κ3) is 10.4. The monoisotopic (exact) mass is 882 g/mol. The maximum atomic E-state index is 14.1. The fourth-order valence-corrected chi connectivity index (χ4v) is 9.07. The summed E-state index contributed by atoms with van der Waals surface area (Å²) in [6.07, 6.45) is 11.7. The molecule has 10 heteroatoms. The van der Waals surface area contributed by atoms with Crippen LogP contribution in [0.1, 0.15) is 160 Å². The molecule has 0 saturated heterocycles. The third-order valence-corrected chi connectivity index (χ3v) is 12.8. The Hall–Kier alpha value is -6.94. The maximum absolute atomic E-state index is 14.1. The second kappa shape index (κ2) is 18.9. The van der Waals surface area contributed by atoms with Gasteiger partial charge in [0.05, 0.1) is 23.8 Å². The van der Waals surface area contributed by atoms with Crippen molar-refractivity contribution in [1.29, 1.82) is 0 Å². The van der Waals surface area contributed by atoms with E-state index in [-0.39, 0.29) is 39.9 Å². The van der Waals surface area contributed by atoms with Crippen LogP contribution >= 0.6 is 0 Å². The minimum atomic E-state index is -0.318. The minimum absolute atomic E-state index is 0.274. The van der Waals surface area contributed by atoms with Crippen LogP contribution in [0.5, 0.6) is 0 Å². The Labute approximate surface area is 389 Å². The van der Waals surface area contributed by atoms with E-state index < -0.39 is 0 Å². The van der Waals surface area contributed by atoms with Gasteiger partial charge in [0, 0.05) is 51.4 Å². The van der Waals surface area contributed by atoms with Crippen LogP contribution in [0.25, 0.3) is 0 Å². The zero-order valence-corrected chi connectivity index (χ0v) is 40.0. The lowest BCUT2D eigenvalue weighted by atomic mass is 9.64. The first-order valence-corrected chi connectivity index (χ1v) is 22.8. The van der Waals surface area contributed by atoms with E-state index in [1.165, 1.54) is 11.1 Å². The predicted octanol–water partition coefficient (Wildman–Crippen LogP) is 12.6. The van der Waals surface area contributed by atoms with Gasteiger partial charge in [-0.1, -0.05) is 85.1 Å². The number of hydrogen-bond donors (Lipinski definition) is 4. The first kappa shape index (κ1) is 47.0. The van der Waals surface area contributed by atoms with Crippen molar-refractivity contribution in [1.82, 2.24) is 9.97 Å². The molecule has 7 rings (SSSR count). The number of carbonyl (C=O) groups excluding carboxylic acids is 4. The lowest BCUT2D eigenvalue weighted by Crippen LogP contribution is -2.31. The SMILES string of the molecule is Cc1cc(C2(c3cc(C)c(NC(=O)c4cc(C(=O)Nc5cccnc5)cc(C(C)(C)C)c4)c(C)c3)CCCCC2)cc(C)c1NC(=O)c1cc(C(=O)Nc2cccnc2)cc(C(C)(C)C)c1. The summed E-state index contributed by atoms with van der Waals surface area (Å²) in [6.45, 7) is 20.5. The highest BCUT2D eigenvalue weighted by atomic mass is 16.2. The first-order chi connectivity index (χ1) is 31.2. The molecule has 2 heterocycles. The van der Waals surface area contributed by atoms with E-state index in [4.69, 9.17) is 0 Å². The third-order valence-electron chi connectivity index (χ3n) is 12.8. The van der Waals surface area contributed by atoms with E-state index in [1.54, 1.807) is 61.2 Å². The Balaban J connectivity index is 1.16. The molecule has 2 aromatic heterocycles. The normalized spacial score (nSPS) is 13.7. The predicted molar refractivity (Wildman–Crippen MR) is 266 cm³/mol. The Morgan fingerprint density at radius 1 is 0.470 bits per heavy atom. The van der Waals surface area contributed by atoms with Crippen LogP contribution in [0.3, 0.4) is 0 Å². The number of pyridine rings is 2. The molecule has 0 spiro atoms. The average Bonchev–Trinajstić information content (AvgIpc) is 3.28. The Morgan fingerprint density at radius 2 is 0.803 bits per heavy atom. The zero-order valence-electron chi connectivity index (χ0n) is 40.0. The van der Waals surface area contributed by atoms with E-state index in [0.717, 1.165) is 76.9 Å². The van der Waals surface area contributed by atoms with E-state index in [9.17, 15) is 19.2 Å². The Kier molecular flexibility index (Phi) is 13.5. The van der Waals surface area contributed by atoms with Gasteiger partial charge < -0.3 is 21.3 Å². The minimum Gasteiger partial charge on any atom is -0.322 e. The first-order valence-electron chi connectivity index (χ1n) is 22.8. The largest absolute Gasteiger partial charge is 0.322 e. The summed E-state index contributed by atoms with van der Waals surface area (Å²) >= 11 is 0. The summed E-state index contributed by atoms with van der Waals surface area (Å²) in [5.41, 5.74) is 11.3. The van der Waals surface area contributed by atoms with Gasteiger partial charge >= 0.3 is 0 Å². The number of nitrogens with zero attached hydrogens (tertiary/aromatic N) is 2. The quantitative estimate of drug-likeness (QED) is 0.108. The molecule has 6 aromatic rings. The van der Waals surface area contributed by atoms with Crippen LogP contribution in [-0.2, 0) is 16.2 Å². The molecule has 4 N–H and O–H groups in total. The number of anilines is 4. The van der Waals surface area contributed by atoms with Crippen LogP contribution < -0.4 is 21.3 Å². The molecule has 0 radical (unpaired) electrons. The highest BCUT2D eigenvalue weighted by molar-refractivity contribution is 6.10. The molecule has 340 valence electrons. The Bertz CT molecular complexity index is 2580. The van der Waals surface area contributed by atoms with E-state index >= 15 is 0 Å². The van der Waals surface area contributed by atoms with Crippen LogP contribution in [-0.4, -0.2) is 33.6 Å². The van der Waals surface area contributed by atoms with E-state index in [0.29, 0.717) is 33.6 Å². The Morgan fingerprint density at radius 3 is 1.11 bits per heavy atom. The molecule has 4 aromatic carbocycles. The van der Waals surface area contributed by atoms with Gasteiger partial charge in [-0.15, -0.1) is 0 Å². The number of rotatable bonds is 10. The smallest absolute Gasteiger partial charge is 0.255 e. The zero-order chi connectivity index (χ0) is 47.6. The number of benzene rings is 4. The van der Waals surface area contributed by atoms with Gasteiger partial charge in [-0.2, -0.15) is 0 Å². The second-order valence-corrected chi connectivity index (χ2v) is 20.0. The van der Waals surface area contributed by atoms with Crippen LogP contribution in [0.2, 0.25) is 0 Å². The average molecular weight is 883 g/mol. The number of aromatic nitrogens is 2.